The van der Waals surface area contributed by atoms with Crippen molar-refractivity contribution in [2.45, 2.75) is 26.8 Å². The number of piperazine rings is 1. The molecule has 0 aliphatic carbocycles. The molecule has 1 aliphatic heterocycles. The van der Waals surface area contributed by atoms with E-state index in [0.717, 1.165) is 37.6 Å². The van der Waals surface area contributed by atoms with Gasteiger partial charge >= 0.3 is 0 Å². The Labute approximate surface area is 178 Å². The van der Waals surface area contributed by atoms with Gasteiger partial charge in [0.2, 0.25) is 5.91 Å². The number of benzene rings is 1. The van der Waals surface area contributed by atoms with E-state index in [1.54, 1.807) is 12.3 Å². The second-order valence-corrected chi connectivity index (χ2v) is 8.25. The van der Waals surface area contributed by atoms with Gasteiger partial charge in [-0.2, -0.15) is 0 Å². The van der Waals surface area contributed by atoms with Gasteiger partial charge in [-0.1, -0.05) is 31.5 Å². The minimum atomic E-state index is -0.643. The van der Waals surface area contributed by atoms with Crippen LogP contribution in [0.3, 0.4) is 0 Å². The number of aryl methyl sites for hydroxylation is 1. The van der Waals surface area contributed by atoms with Crippen molar-refractivity contribution in [2.75, 3.05) is 43.4 Å². The number of nitrogens with zero attached hydrogens (tertiary/aromatic N) is 3. The minimum Gasteiger partial charge on any atom is -0.354 e. The fourth-order valence-electron chi connectivity index (χ4n) is 3.45. The highest BCUT2D eigenvalue weighted by molar-refractivity contribution is 6.01. The van der Waals surface area contributed by atoms with E-state index < -0.39 is 6.04 Å². The Morgan fingerprint density at radius 1 is 1.07 bits per heavy atom. The molecule has 1 atom stereocenters. The number of aromatic nitrogens is 1. The van der Waals surface area contributed by atoms with Crippen molar-refractivity contribution < 1.29 is 9.59 Å². The molecule has 7 nitrogen and oxygen atoms in total. The molecule has 160 valence electrons. The molecule has 0 spiro atoms. The first kappa shape index (κ1) is 21.8. The Kier molecular flexibility index (Phi) is 7.05. The Balaban J connectivity index is 1.62. The standard InChI is InChI=1S/C23H31N5O2/c1-16(2)21(26-22(29)18-7-5-6-17(3)14-18)23(30)25-19-8-9-20(24-15-19)28-12-10-27(4)11-13-28/h5-9,14-16,21H,10-13H2,1-4H3,(H,25,30)(H,26,29)/t21-/m1/s1. The summed E-state index contributed by atoms with van der Waals surface area (Å²) < 4.78 is 0. The lowest BCUT2D eigenvalue weighted by Gasteiger charge is -2.33. The second kappa shape index (κ2) is 9.71. The lowest BCUT2D eigenvalue weighted by molar-refractivity contribution is -0.118. The molecule has 2 N–H and O–H groups in total. The Bertz CT molecular complexity index is 873. The first-order valence-electron chi connectivity index (χ1n) is 10.4. The van der Waals surface area contributed by atoms with Gasteiger partial charge in [0.1, 0.15) is 11.9 Å². The summed E-state index contributed by atoms with van der Waals surface area (Å²) in [4.78, 5) is 34.5. The van der Waals surface area contributed by atoms with Crippen molar-refractivity contribution >= 4 is 23.3 Å². The van der Waals surface area contributed by atoms with E-state index in [1.165, 1.54) is 0 Å². The molecule has 3 rings (SSSR count). The number of hydrogen-bond acceptors (Lipinski definition) is 5. The van der Waals surface area contributed by atoms with Crippen LogP contribution in [0.1, 0.15) is 29.8 Å². The van der Waals surface area contributed by atoms with Gasteiger partial charge in [-0.3, -0.25) is 9.59 Å². The van der Waals surface area contributed by atoms with Crippen molar-refractivity contribution in [2.24, 2.45) is 5.92 Å². The maximum Gasteiger partial charge on any atom is 0.251 e. The summed E-state index contributed by atoms with van der Waals surface area (Å²) in [6.45, 7) is 9.66. The quantitative estimate of drug-likeness (QED) is 0.767. The van der Waals surface area contributed by atoms with Crippen molar-refractivity contribution in [3.63, 3.8) is 0 Å². The van der Waals surface area contributed by atoms with Gasteiger partial charge in [0.15, 0.2) is 0 Å². The summed E-state index contributed by atoms with van der Waals surface area (Å²) in [5.74, 6) is 0.349. The van der Waals surface area contributed by atoms with Crippen LogP contribution in [0.4, 0.5) is 11.5 Å². The van der Waals surface area contributed by atoms with Gasteiger partial charge in [0.05, 0.1) is 11.9 Å². The topological polar surface area (TPSA) is 77.6 Å². The number of likely N-dealkylation sites (N-methyl/N-ethyl adjacent to an activating group) is 1. The molecule has 2 aromatic rings. The molecular weight excluding hydrogens is 378 g/mol. The van der Waals surface area contributed by atoms with Crippen LogP contribution in [-0.4, -0.2) is 61.0 Å². The van der Waals surface area contributed by atoms with E-state index in [-0.39, 0.29) is 17.7 Å². The number of pyridine rings is 1. The number of nitrogens with one attached hydrogen (secondary N) is 2. The third-order valence-electron chi connectivity index (χ3n) is 5.36. The molecule has 2 heterocycles. The van der Waals surface area contributed by atoms with E-state index >= 15 is 0 Å². The fraction of sp³-hybridized carbons (Fsp3) is 0.435. The van der Waals surface area contributed by atoms with Crippen LogP contribution in [0.5, 0.6) is 0 Å². The molecular formula is C23H31N5O2. The predicted molar refractivity (Wildman–Crippen MR) is 120 cm³/mol. The maximum absolute atomic E-state index is 12.8. The molecule has 0 radical (unpaired) electrons. The van der Waals surface area contributed by atoms with E-state index in [4.69, 9.17) is 0 Å². The molecule has 1 aromatic carbocycles. The highest BCUT2D eigenvalue weighted by Gasteiger charge is 2.25. The van der Waals surface area contributed by atoms with Gasteiger partial charge in [-0.25, -0.2) is 4.98 Å². The van der Waals surface area contributed by atoms with Gasteiger partial charge in [0, 0.05) is 31.7 Å². The van der Waals surface area contributed by atoms with E-state index in [1.807, 2.05) is 51.1 Å². The molecule has 1 saturated heterocycles. The Morgan fingerprint density at radius 3 is 2.40 bits per heavy atom. The first-order valence-corrected chi connectivity index (χ1v) is 10.4. The van der Waals surface area contributed by atoms with Crippen molar-refractivity contribution in [3.05, 3.63) is 53.7 Å². The molecule has 30 heavy (non-hydrogen) atoms. The zero-order valence-corrected chi connectivity index (χ0v) is 18.2. The molecule has 1 aliphatic rings. The molecule has 2 amide bonds. The second-order valence-electron chi connectivity index (χ2n) is 8.25. The lowest BCUT2D eigenvalue weighted by Crippen LogP contribution is -2.47. The van der Waals surface area contributed by atoms with Gasteiger partial charge in [-0.05, 0) is 44.2 Å². The largest absolute Gasteiger partial charge is 0.354 e. The summed E-state index contributed by atoms with van der Waals surface area (Å²) in [7, 11) is 2.12. The predicted octanol–water partition coefficient (Wildman–Crippen LogP) is 2.53. The van der Waals surface area contributed by atoms with Crippen molar-refractivity contribution in [1.29, 1.82) is 0 Å². The Hall–Kier alpha value is -2.93. The van der Waals surface area contributed by atoms with Crippen LogP contribution >= 0.6 is 0 Å². The van der Waals surface area contributed by atoms with Crippen LogP contribution in [0.2, 0.25) is 0 Å². The van der Waals surface area contributed by atoms with Crippen molar-refractivity contribution in [3.8, 4) is 0 Å². The Morgan fingerprint density at radius 2 is 1.80 bits per heavy atom. The zero-order valence-electron chi connectivity index (χ0n) is 18.2. The van der Waals surface area contributed by atoms with Crippen LogP contribution < -0.4 is 15.5 Å². The summed E-state index contributed by atoms with van der Waals surface area (Å²) in [6, 6.07) is 10.5. The summed E-state index contributed by atoms with van der Waals surface area (Å²) in [5, 5.41) is 5.75. The first-order chi connectivity index (χ1) is 14.3. The van der Waals surface area contributed by atoms with Crippen LogP contribution in [0, 0.1) is 12.8 Å². The smallest absolute Gasteiger partial charge is 0.251 e. The normalized spacial score (nSPS) is 15.7. The zero-order chi connectivity index (χ0) is 21.7. The fourth-order valence-corrected chi connectivity index (χ4v) is 3.45. The summed E-state index contributed by atoms with van der Waals surface area (Å²) in [6.07, 6.45) is 1.67. The molecule has 0 saturated carbocycles. The molecule has 0 bridgehead atoms. The van der Waals surface area contributed by atoms with Gasteiger partial charge < -0.3 is 20.4 Å². The van der Waals surface area contributed by atoms with Crippen LogP contribution in [-0.2, 0) is 4.79 Å². The average molecular weight is 410 g/mol. The average Bonchev–Trinajstić information content (AvgIpc) is 2.72. The van der Waals surface area contributed by atoms with Crippen molar-refractivity contribution in [1.82, 2.24) is 15.2 Å². The highest BCUT2D eigenvalue weighted by atomic mass is 16.2. The summed E-state index contributed by atoms with van der Waals surface area (Å²) >= 11 is 0. The van der Waals surface area contributed by atoms with Crippen LogP contribution in [0.25, 0.3) is 0 Å². The molecule has 1 aromatic heterocycles. The SMILES string of the molecule is Cc1cccc(C(=O)N[C@@H](C(=O)Nc2ccc(N3CCN(C)CC3)nc2)C(C)C)c1. The number of carbonyl (C=O) groups is 2. The van der Waals surface area contributed by atoms with Gasteiger partial charge in [-0.15, -0.1) is 0 Å². The third-order valence-corrected chi connectivity index (χ3v) is 5.36. The number of amides is 2. The number of anilines is 2. The minimum absolute atomic E-state index is 0.0590. The molecule has 1 fully saturated rings. The monoisotopic (exact) mass is 409 g/mol. The van der Waals surface area contributed by atoms with E-state index in [0.29, 0.717) is 11.3 Å². The van der Waals surface area contributed by atoms with E-state index in [2.05, 4.69) is 32.5 Å². The number of hydrogen-bond donors (Lipinski definition) is 2. The van der Waals surface area contributed by atoms with Crippen LogP contribution in [0.15, 0.2) is 42.6 Å². The lowest BCUT2D eigenvalue weighted by atomic mass is 10.0. The van der Waals surface area contributed by atoms with E-state index in [9.17, 15) is 9.59 Å². The summed E-state index contributed by atoms with van der Waals surface area (Å²) in [5.41, 5.74) is 2.17. The highest BCUT2D eigenvalue weighted by Crippen LogP contribution is 2.17. The maximum atomic E-state index is 12.8. The van der Waals surface area contributed by atoms with Gasteiger partial charge in [0.25, 0.3) is 5.91 Å². The third kappa shape index (κ3) is 5.57. The molecule has 0 unspecified atom stereocenters. The molecule has 7 heteroatoms. The number of carbonyl (C=O) groups excluding carboxylic acids is 2. The number of rotatable bonds is 6.